The second-order valence-electron chi connectivity index (χ2n) is 3.08. The third-order valence-electron chi connectivity index (χ3n) is 1.69. The van der Waals surface area contributed by atoms with Gasteiger partial charge < -0.3 is 5.73 Å². The average molecular weight is 256 g/mol. The Morgan fingerprint density at radius 1 is 1.44 bits per heavy atom. The summed E-state index contributed by atoms with van der Waals surface area (Å²) in [6, 6.07) is 7.36. The van der Waals surface area contributed by atoms with E-state index < -0.39 is 0 Å². The van der Waals surface area contributed by atoms with Crippen molar-refractivity contribution < 1.29 is 0 Å². The Labute approximate surface area is 105 Å². The Balaban J connectivity index is 2.50. The molecule has 0 aliphatic heterocycles. The van der Waals surface area contributed by atoms with Crippen LogP contribution < -0.4 is 5.73 Å². The zero-order valence-corrected chi connectivity index (χ0v) is 10.6. The molecular formula is C11H14ClN3S. The Kier molecular flexibility index (Phi) is 5.96. The van der Waals surface area contributed by atoms with Crippen molar-refractivity contribution >= 4 is 34.7 Å². The zero-order valence-electron chi connectivity index (χ0n) is 9.06. The molecule has 3 nitrogen and oxygen atoms in total. The van der Waals surface area contributed by atoms with Gasteiger partial charge in [0.2, 0.25) is 0 Å². The maximum Gasteiger partial charge on any atom is 0.180 e. The molecule has 0 saturated carbocycles. The van der Waals surface area contributed by atoms with Crippen molar-refractivity contribution in [2.45, 2.75) is 13.3 Å². The molecule has 1 aromatic rings. The molecule has 0 aliphatic rings. The number of hydrogen-bond donors (Lipinski definition) is 1. The van der Waals surface area contributed by atoms with Crippen LogP contribution in [0.3, 0.4) is 0 Å². The van der Waals surface area contributed by atoms with E-state index in [0.29, 0.717) is 10.2 Å². The van der Waals surface area contributed by atoms with Gasteiger partial charge in [0.25, 0.3) is 0 Å². The van der Waals surface area contributed by atoms with Crippen LogP contribution in [0.1, 0.15) is 18.9 Å². The number of hydrogen-bond acceptors (Lipinski definition) is 3. The molecule has 86 valence electrons. The monoisotopic (exact) mass is 255 g/mol. The molecule has 0 saturated heterocycles. The summed E-state index contributed by atoms with van der Waals surface area (Å²) in [4.78, 5) is 0. The van der Waals surface area contributed by atoms with Crippen LogP contribution in [0.15, 0.2) is 34.5 Å². The van der Waals surface area contributed by atoms with E-state index in [1.54, 1.807) is 6.21 Å². The van der Waals surface area contributed by atoms with Crippen molar-refractivity contribution in [2.24, 2.45) is 15.9 Å². The Hall–Kier alpha value is -1.00. The molecule has 0 spiro atoms. The predicted octanol–water partition coefficient (Wildman–Crippen LogP) is 3.13. The van der Waals surface area contributed by atoms with Crippen molar-refractivity contribution in [1.82, 2.24) is 0 Å². The van der Waals surface area contributed by atoms with Crippen molar-refractivity contribution in [1.29, 1.82) is 0 Å². The van der Waals surface area contributed by atoms with Gasteiger partial charge in [0, 0.05) is 10.8 Å². The molecule has 0 heterocycles. The number of benzene rings is 1. The van der Waals surface area contributed by atoms with Crippen molar-refractivity contribution in [3.05, 3.63) is 34.9 Å². The molecule has 2 N–H and O–H groups in total. The molecule has 0 unspecified atom stereocenters. The van der Waals surface area contributed by atoms with E-state index in [-0.39, 0.29) is 0 Å². The first-order valence-electron chi connectivity index (χ1n) is 4.97. The van der Waals surface area contributed by atoms with Gasteiger partial charge in [0.05, 0.1) is 6.21 Å². The van der Waals surface area contributed by atoms with Crippen molar-refractivity contribution in [3.63, 3.8) is 0 Å². The number of halogens is 1. The highest BCUT2D eigenvalue weighted by Crippen LogP contribution is 2.08. The van der Waals surface area contributed by atoms with Crippen LogP contribution in [0.25, 0.3) is 0 Å². The minimum absolute atomic E-state index is 0.493. The molecule has 0 bridgehead atoms. The van der Waals surface area contributed by atoms with E-state index in [1.165, 1.54) is 11.8 Å². The van der Waals surface area contributed by atoms with Crippen molar-refractivity contribution in [2.75, 3.05) is 5.75 Å². The molecule has 1 rings (SSSR count). The van der Waals surface area contributed by atoms with Gasteiger partial charge in [-0.3, -0.25) is 0 Å². The van der Waals surface area contributed by atoms with Crippen molar-refractivity contribution in [3.8, 4) is 0 Å². The predicted molar refractivity (Wildman–Crippen MR) is 73.4 cm³/mol. The van der Waals surface area contributed by atoms with E-state index in [4.69, 9.17) is 17.3 Å². The lowest BCUT2D eigenvalue weighted by Crippen LogP contribution is -2.06. The lowest BCUT2D eigenvalue weighted by molar-refractivity contribution is 1.11. The van der Waals surface area contributed by atoms with Crippen LogP contribution in [0, 0.1) is 0 Å². The van der Waals surface area contributed by atoms with Gasteiger partial charge in [0.15, 0.2) is 5.17 Å². The van der Waals surface area contributed by atoms with Crippen LogP contribution in [0.2, 0.25) is 5.02 Å². The van der Waals surface area contributed by atoms with Gasteiger partial charge >= 0.3 is 0 Å². The number of thioether (sulfide) groups is 1. The molecular weight excluding hydrogens is 242 g/mol. The molecule has 1 aromatic carbocycles. The number of rotatable bonds is 4. The fourth-order valence-corrected chi connectivity index (χ4v) is 1.58. The molecule has 5 heteroatoms. The van der Waals surface area contributed by atoms with E-state index in [0.717, 1.165) is 17.7 Å². The number of amidine groups is 1. The summed E-state index contributed by atoms with van der Waals surface area (Å²) < 4.78 is 0. The molecule has 0 radical (unpaired) electrons. The largest absolute Gasteiger partial charge is 0.377 e. The molecule has 16 heavy (non-hydrogen) atoms. The quantitative estimate of drug-likeness (QED) is 0.511. The fraction of sp³-hybridized carbons (Fsp3) is 0.273. The van der Waals surface area contributed by atoms with E-state index >= 15 is 0 Å². The summed E-state index contributed by atoms with van der Waals surface area (Å²) >= 11 is 7.26. The van der Waals surface area contributed by atoms with Gasteiger partial charge in [-0.15, -0.1) is 5.10 Å². The summed E-state index contributed by atoms with van der Waals surface area (Å²) in [5.41, 5.74) is 6.57. The van der Waals surface area contributed by atoms with Gasteiger partial charge in [0.1, 0.15) is 0 Å². The van der Waals surface area contributed by atoms with Gasteiger partial charge in [-0.2, -0.15) is 5.10 Å². The lowest BCUT2D eigenvalue weighted by Gasteiger charge is -1.94. The second-order valence-corrected chi connectivity index (χ2v) is 4.63. The highest BCUT2D eigenvalue weighted by Gasteiger charge is 1.91. The van der Waals surface area contributed by atoms with Gasteiger partial charge in [-0.1, -0.05) is 42.4 Å². The average Bonchev–Trinajstić information content (AvgIpc) is 2.29. The van der Waals surface area contributed by atoms with E-state index in [9.17, 15) is 0 Å². The Morgan fingerprint density at radius 3 is 2.75 bits per heavy atom. The summed E-state index contributed by atoms with van der Waals surface area (Å²) in [5.74, 6) is 0.964. The third kappa shape index (κ3) is 5.19. The maximum atomic E-state index is 5.76. The summed E-state index contributed by atoms with van der Waals surface area (Å²) in [6.45, 7) is 2.09. The molecule has 0 aliphatic carbocycles. The maximum absolute atomic E-state index is 5.76. The molecule has 0 aromatic heterocycles. The Morgan fingerprint density at radius 2 is 2.12 bits per heavy atom. The topological polar surface area (TPSA) is 50.7 Å². The first kappa shape index (κ1) is 13.1. The van der Waals surface area contributed by atoms with Crippen LogP contribution in [0.5, 0.6) is 0 Å². The Bertz CT molecular complexity index is 373. The third-order valence-corrected chi connectivity index (χ3v) is 2.93. The van der Waals surface area contributed by atoms with Gasteiger partial charge in [-0.05, 0) is 24.1 Å². The second kappa shape index (κ2) is 7.30. The molecule has 0 fully saturated rings. The van der Waals surface area contributed by atoms with Crippen LogP contribution in [-0.4, -0.2) is 17.1 Å². The number of nitrogens with two attached hydrogens (primary N) is 1. The summed E-state index contributed by atoms with van der Waals surface area (Å²) in [7, 11) is 0. The minimum atomic E-state index is 0.493. The first-order chi connectivity index (χ1) is 7.72. The SMILES string of the molecule is CCCS/C(N)=N/N=C/c1ccc(Cl)cc1. The van der Waals surface area contributed by atoms with E-state index in [2.05, 4.69) is 17.1 Å². The summed E-state index contributed by atoms with van der Waals surface area (Å²) in [5, 5.41) is 8.97. The standard InChI is InChI=1S/C11H14ClN3S/c1-2-7-16-11(13)15-14-8-9-3-5-10(12)6-4-9/h3-6,8H,2,7H2,1H3,(H2,13,15)/b14-8+. The first-order valence-corrected chi connectivity index (χ1v) is 6.33. The minimum Gasteiger partial charge on any atom is -0.377 e. The summed E-state index contributed by atoms with van der Waals surface area (Å²) in [6.07, 6.45) is 2.72. The fourth-order valence-electron chi connectivity index (χ4n) is 0.937. The lowest BCUT2D eigenvalue weighted by atomic mass is 10.2. The highest BCUT2D eigenvalue weighted by atomic mass is 35.5. The van der Waals surface area contributed by atoms with Gasteiger partial charge in [-0.25, -0.2) is 0 Å². The van der Waals surface area contributed by atoms with Crippen LogP contribution in [-0.2, 0) is 0 Å². The molecule has 0 atom stereocenters. The van der Waals surface area contributed by atoms with E-state index in [1.807, 2.05) is 24.3 Å². The highest BCUT2D eigenvalue weighted by molar-refractivity contribution is 8.13. The zero-order chi connectivity index (χ0) is 11.8. The van der Waals surface area contributed by atoms with Crippen LogP contribution in [0.4, 0.5) is 0 Å². The normalized spacial score (nSPS) is 12.2. The number of nitrogens with zero attached hydrogens (tertiary/aromatic N) is 2. The molecule has 0 amide bonds. The van der Waals surface area contributed by atoms with Crippen LogP contribution >= 0.6 is 23.4 Å². The smallest absolute Gasteiger partial charge is 0.180 e.